The number of carbonyl (C=O) groups is 1. The summed E-state index contributed by atoms with van der Waals surface area (Å²) >= 11 is 0. The van der Waals surface area contributed by atoms with E-state index in [4.69, 9.17) is 4.74 Å². The molecular weight excluding hydrogens is 302 g/mol. The van der Waals surface area contributed by atoms with E-state index in [2.05, 4.69) is 5.32 Å². The minimum Gasteiger partial charge on any atom is -0.507 e. The van der Waals surface area contributed by atoms with E-state index in [-0.39, 0.29) is 17.2 Å². The number of carbonyl (C=O) groups excluding carboxylic acids is 1. The Balaban J connectivity index is 0.00000123. The van der Waals surface area contributed by atoms with Crippen molar-refractivity contribution in [2.24, 2.45) is 0 Å². The Morgan fingerprint density at radius 2 is 1.62 bits per heavy atom. The molecular formula is C20H29NO3. The molecule has 132 valence electrons. The zero-order chi connectivity index (χ0) is 18.7. The Morgan fingerprint density at radius 1 is 1.00 bits per heavy atom. The van der Waals surface area contributed by atoms with Crippen LogP contribution in [0.5, 0.6) is 11.5 Å². The fraction of sp³-hybridized carbons (Fsp3) is 0.350. The van der Waals surface area contributed by atoms with Crippen molar-refractivity contribution in [3.63, 3.8) is 0 Å². The van der Waals surface area contributed by atoms with Gasteiger partial charge in [-0.05, 0) is 37.6 Å². The van der Waals surface area contributed by atoms with Gasteiger partial charge in [0.1, 0.15) is 11.5 Å². The molecule has 0 atom stereocenters. The first-order valence-corrected chi connectivity index (χ1v) is 8.27. The molecule has 2 rings (SSSR count). The molecule has 0 saturated heterocycles. The first-order chi connectivity index (χ1) is 11.5. The van der Waals surface area contributed by atoms with Crippen LogP contribution in [-0.2, 0) is 0 Å². The number of nitrogens with one attached hydrogen (secondary N) is 1. The van der Waals surface area contributed by atoms with Crippen molar-refractivity contribution in [1.29, 1.82) is 0 Å². The molecule has 4 heteroatoms. The van der Waals surface area contributed by atoms with E-state index in [1.807, 2.05) is 53.7 Å². The van der Waals surface area contributed by atoms with Crippen LogP contribution in [0.3, 0.4) is 0 Å². The number of ether oxygens (including phenoxy) is 1. The lowest BCUT2D eigenvalue weighted by molar-refractivity contribution is 0.102. The van der Waals surface area contributed by atoms with Gasteiger partial charge in [-0.2, -0.15) is 0 Å². The zero-order valence-electron chi connectivity index (χ0n) is 15.7. The van der Waals surface area contributed by atoms with Crippen molar-refractivity contribution in [3.8, 4) is 11.5 Å². The molecule has 0 spiro atoms. The lowest BCUT2D eigenvalue weighted by Gasteiger charge is -2.11. The summed E-state index contributed by atoms with van der Waals surface area (Å²) in [6, 6.07) is 10.4. The summed E-state index contributed by atoms with van der Waals surface area (Å²) in [5, 5.41) is 12.6. The number of phenolic OH excluding ortho intramolecular Hbond substituents is 1. The molecule has 0 radical (unpaired) electrons. The second-order valence-electron chi connectivity index (χ2n) is 4.66. The Labute approximate surface area is 145 Å². The molecule has 0 aliphatic rings. The first kappa shape index (κ1) is 21.5. The van der Waals surface area contributed by atoms with Crippen LogP contribution in [0.4, 0.5) is 5.69 Å². The highest BCUT2D eigenvalue weighted by Gasteiger charge is 2.13. The molecule has 1 amide bonds. The van der Waals surface area contributed by atoms with Crippen LogP contribution in [0.1, 0.15) is 49.2 Å². The number of phenols is 1. The Bertz CT molecular complexity index is 651. The molecule has 2 aromatic rings. The number of amides is 1. The van der Waals surface area contributed by atoms with Crippen LogP contribution < -0.4 is 10.1 Å². The SMILES string of the molecule is CC.CC.COc1ccc(C)c(NC(=O)c2cc(C)ccc2O)c1. The van der Waals surface area contributed by atoms with Crippen LogP contribution in [0.25, 0.3) is 0 Å². The molecule has 0 heterocycles. The molecule has 0 unspecified atom stereocenters. The van der Waals surface area contributed by atoms with E-state index in [1.165, 1.54) is 6.07 Å². The van der Waals surface area contributed by atoms with E-state index in [0.29, 0.717) is 11.4 Å². The topological polar surface area (TPSA) is 58.6 Å². The molecule has 0 aromatic heterocycles. The maximum Gasteiger partial charge on any atom is 0.259 e. The van der Waals surface area contributed by atoms with Crippen LogP contribution >= 0.6 is 0 Å². The fourth-order valence-electron chi connectivity index (χ4n) is 1.88. The number of anilines is 1. The van der Waals surface area contributed by atoms with Gasteiger partial charge in [-0.1, -0.05) is 45.4 Å². The van der Waals surface area contributed by atoms with Gasteiger partial charge < -0.3 is 15.2 Å². The normalized spacial score (nSPS) is 8.96. The van der Waals surface area contributed by atoms with Gasteiger partial charge in [-0.15, -0.1) is 0 Å². The van der Waals surface area contributed by atoms with Crippen LogP contribution in [-0.4, -0.2) is 18.1 Å². The highest BCUT2D eigenvalue weighted by molar-refractivity contribution is 6.06. The Hall–Kier alpha value is -2.49. The van der Waals surface area contributed by atoms with Crippen LogP contribution in [0.2, 0.25) is 0 Å². The van der Waals surface area contributed by atoms with Crippen LogP contribution in [0, 0.1) is 13.8 Å². The van der Waals surface area contributed by atoms with E-state index < -0.39 is 0 Å². The van der Waals surface area contributed by atoms with Crippen molar-refractivity contribution in [2.75, 3.05) is 12.4 Å². The fourth-order valence-corrected chi connectivity index (χ4v) is 1.88. The van der Waals surface area contributed by atoms with Crippen LogP contribution in [0.15, 0.2) is 36.4 Å². The number of rotatable bonds is 3. The van der Waals surface area contributed by atoms with Gasteiger partial charge >= 0.3 is 0 Å². The van der Waals surface area contributed by atoms with Crippen molar-refractivity contribution < 1.29 is 14.6 Å². The standard InChI is InChI=1S/C16H17NO3.2C2H6/c1-10-4-7-15(18)13(8-10)16(19)17-14-9-12(20-3)6-5-11(14)2;2*1-2/h4-9,18H,1-3H3,(H,17,19);2*1-2H3. The molecule has 0 saturated carbocycles. The molecule has 0 aliphatic carbocycles. The summed E-state index contributed by atoms with van der Waals surface area (Å²) < 4.78 is 5.14. The maximum atomic E-state index is 12.2. The highest BCUT2D eigenvalue weighted by atomic mass is 16.5. The lowest BCUT2D eigenvalue weighted by atomic mass is 10.1. The average Bonchev–Trinajstić information content (AvgIpc) is 2.62. The molecule has 0 fully saturated rings. The summed E-state index contributed by atoms with van der Waals surface area (Å²) in [6.07, 6.45) is 0. The predicted molar refractivity (Wildman–Crippen MR) is 101 cm³/mol. The number of benzene rings is 2. The summed E-state index contributed by atoms with van der Waals surface area (Å²) in [5.41, 5.74) is 2.75. The second-order valence-corrected chi connectivity index (χ2v) is 4.66. The predicted octanol–water partition coefficient (Wildman–Crippen LogP) is 5.32. The number of methoxy groups -OCH3 is 1. The van der Waals surface area contributed by atoms with E-state index in [1.54, 1.807) is 25.3 Å². The van der Waals surface area contributed by atoms with Gasteiger partial charge in [-0.3, -0.25) is 4.79 Å². The molecule has 0 aliphatic heterocycles. The van der Waals surface area contributed by atoms with Crippen molar-refractivity contribution in [3.05, 3.63) is 53.1 Å². The van der Waals surface area contributed by atoms with Gasteiger partial charge in [0.05, 0.1) is 12.7 Å². The van der Waals surface area contributed by atoms with Crippen molar-refractivity contribution >= 4 is 11.6 Å². The maximum absolute atomic E-state index is 12.2. The average molecular weight is 331 g/mol. The number of aryl methyl sites for hydroxylation is 2. The number of aromatic hydroxyl groups is 1. The Morgan fingerprint density at radius 3 is 2.21 bits per heavy atom. The highest BCUT2D eigenvalue weighted by Crippen LogP contribution is 2.24. The number of hydrogen-bond acceptors (Lipinski definition) is 3. The third-order valence-electron chi connectivity index (χ3n) is 3.09. The quantitative estimate of drug-likeness (QED) is 0.800. The first-order valence-electron chi connectivity index (χ1n) is 8.27. The summed E-state index contributed by atoms with van der Waals surface area (Å²) in [5.74, 6) is 0.288. The van der Waals surface area contributed by atoms with Gasteiger partial charge in [0, 0.05) is 11.8 Å². The van der Waals surface area contributed by atoms with Gasteiger partial charge in [-0.25, -0.2) is 0 Å². The lowest BCUT2D eigenvalue weighted by Crippen LogP contribution is -2.13. The van der Waals surface area contributed by atoms with Crippen molar-refractivity contribution in [1.82, 2.24) is 0 Å². The van der Waals surface area contributed by atoms with E-state index in [9.17, 15) is 9.90 Å². The summed E-state index contributed by atoms with van der Waals surface area (Å²) in [7, 11) is 1.57. The summed E-state index contributed by atoms with van der Waals surface area (Å²) in [6.45, 7) is 11.8. The third kappa shape index (κ3) is 5.95. The monoisotopic (exact) mass is 331 g/mol. The molecule has 2 N–H and O–H groups in total. The van der Waals surface area contributed by atoms with Gasteiger partial charge in [0.2, 0.25) is 0 Å². The number of hydrogen-bond donors (Lipinski definition) is 2. The van der Waals surface area contributed by atoms with Gasteiger partial charge in [0.25, 0.3) is 5.91 Å². The van der Waals surface area contributed by atoms with E-state index in [0.717, 1.165) is 11.1 Å². The zero-order valence-corrected chi connectivity index (χ0v) is 15.7. The largest absolute Gasteiger partial charge is 0.507 e. The molecule has 4 nitrogen and oxygen atoms in total. The van der Waals surface area contributed by atoms with Gasteiger partial charge in [0.15, 0.2) is 0 Å². The minimum atomic E-state index is -0.345. The van der Waals surface area contributed by atoms with Crippen molar-refractivity contribution in [2.45, 2.75) is 41.5 Å². The summed E-state index contributed by atoms with van der Waals surface area (Å²) in [4.78, 5) is 12.2. The Kier molecular flexibility index (Phi) is 9.96. The molecule has 0 bridgehead atoms. The second kappa shape index (κ2) is 11.1. The molecule has 24 heavy (non-hydrogen) atoms. The van der Waals surface area contributed by atoms with E-state index >= 15 is 0 Å². The minimum absolute atomic E-state index is 0.0337. The molecule has 2 aromatic carbocycles. The third-order valence-corrected chi connectivity index (χ3v) is 3.09. The smallest absolute Gasteiger partial charge is 0.259 e.